The van der Waals surface area contributed by atoms with Gasteiger partial charge in [-0.2, -0.15) is 0 Å². The van der Waals surface area contributed by atoms with E-state index in [1.807, 2.05) is 30.3 Å². The number of fused-ring (bicyclic) bond motifs is 1. The number of hydrogen-bond donors (Lipinski definition) is 2. The Morgan fingerprint density at radius 3 is 2.70 bits per heavy atom. The number of amides is 1. The molecule has 0 radical (unpaired) electrons. The van der Waals surface area contributed by atoms with Crippen molar-refractivity contribution < 1.29 is 19.1 Å². The van der Waals surface area contributed by atoms with Gasteiger partial charge in [0.25, 0.3) is 0 Å². The molecule has 152 valence electrons. The van der Waals surface area contributed by atoms with Gasteiger partial charge < -0.3 is 10.4 Å². The average molecular weight is 422 g/mol. The Morgan fingerprint density at radius 2 is 1.93 bits per heavy atom. The van der Waals surface area contributed by atoms with Gasteiger partial charge in [-0.15, -0.1) is 11.3 Å². The second kappa shape index (κ2) is 8.59. The molecule has 30 heavy (non-hydrogen) atoms. The second-order valence-electron chi connectivity index (χ2n) is 7.08. The molecule has 1 atom stereocenters. The van der Waals surface area contributed by atoms with Crippen molar-refractivity contribution in [2.24, 2.45) is 0 Å². The summed E-state index contributed by atoms with van der Waals surface area (Å²) in [6.45, 7) is 0. The van der Waals surface area contributed by atoms with Crippen LogP contribution >= 0.6 is 11.3 Å². The van der Waals surface area contributed by atoms with Crippen LogP contribution in [-0.2, 0) is 22.4 Å². The first-order chi connectivity index (χ1) is 14.5. The van der Waals surface area contributed by atoms with Gasteiger partial charge in [-0.25, -0.2) is 14.2 Å². The highest BCUT2D eigenvalue weighted by atomic mass is 32.1. The third-order valence-electron chi connectivity index (χ3n) is 4.97. The fraction of sp³-hybridized carbons (Fsp3) is 0.174. The van der Waals surface area contributed by atoms with Crippen LogP contribution in [0.4, 0.5) is 4.39 Å². The van der Waals surface area contributed by atoms with Crippen molar-refractivity contribution in [3.05, 3.63) is 82.6 Å². The molecule has 0 spiro atoms. The quantitative estimate of drug-likeness (QED) is 0.601. The molecule has 1 aromatic heterocycles. The van der Waals surface area contributed by atoms with Crippen LogP contribution in [0.5, 0.6) is 0 Å². The summed E-state index contributed by atoms with van der Waals surface area (Å²) in [4.78, 5) is 28.6. The first kappa shape index (κ1) is 20.0. The van der Waals surface area contributed by atoms with Crippen molar-refractivity contribution in [2.75, 3.05) is 0 Å². The molecule has 1 amide bonds. The molecule has 2 aromatic carbocycles. The zero-order chi connectivity index (χ0) is 21.1. The third-order valence-corrected chi connectivity index (χ3v) is 5.91. The molecule has 0 unspecified atom stereocenters. The SMILES string of the molecule is O=C(Cc1csc(-c2ccc(F)cc2)n1)N[C@@H](CC1=CCc2ccccc21)C(=O)O. The number of halogens is 1. The van der Waals surface area contributed by atoms with E-state index in [-0.39, 0.29) is 18.7 Å². The van der Waals surface area contributed by atoms with Gasteiger partial charge in [0.1, 0.15) is 16.9 Å². The molecule has 2 N–H and O–H groups in total. The second-order valence-corrected chi connectivity index (χ2v) is 7.94. The molecule has 4 rings (SSSR count). The largest absolute Gasteiger partial charge is 0.480 e. The van der Waals surface area contributed by atoms with Crippen molar-refractivity contribution in [1.29, 1.82) is 0 Å². The molecule has 0 saturated carbocycles. The summed E-state index contributed by atoms with van der Waals surface area (Å²) in [6, 6.07) is 12.8. The zero-order valence-corrected chi connectivity index (χ0v) is 16.8. The van der Waals surface area contributed by atoms with Crippen molar-refractivity contribution in [2.45, 2.75) is 25.3 Å². The predicted octanol–water partition coefficient (Wildman–Crippen LogP) is 4.09. The van der Waals surface area contributed by atoms with Gasteiger partial charge in [-0.1, -0.05) is 30.3 Å². The summed E-state index contributed by atoms with van der Waals surface area (Å²) in [5, 5.41) is 14.6. The lowest BCUT2D eigenvalue weighted by Crippen LogP contribution is -2.41. The predicted molar refractivity (Wildman–Crippen MR) is 114 cm³/mol. The number of nitrogens with one attached hydrogen (secondary N) is 1. The maximum atomic E-state index is 13.1. The number of carbonyl (C=O) groups is 2. The van der Waals surface area contributed by atoms with E-state index in [1.54, 1.807) is 17.5 Å². The molecule has 0 aliphatic heterocycles. The highest BCUT2D eigenvalue weighted by Crippen LogP contribution is 2.30. The van der Waals surface area contributed by atoms with Crippen LogP contribution in [0.15, 0.2) is 60.0 Å². The number of rotatable bonds is 7. The molecule has 1 aliphatic carbocycles. The highest BCUT2D eigenvalue weighted by Gasteiger charge is 2.25. The lowest BCUT2D eigenvalue weighted by atomic mass is 9.99. The van der Waals surface area contributed by atoms with Crippen molar-refractivity contribution >= 4 is 28.8 Å². The Hall–Kier alpha value is -3.32. The number of nitrogens with zero attached hydrogens (tertiary/aromatic N) is 1. The standard InChI is InChI=1S/C23H19FN2O3S/c24-17-9-7-15(8-10-17)22-25-18(13-30-22)12-21(27)26-20(23(28)29)11-16-6-5-14-3-1-2-4-19(14)16/h1-4,6-10,13,20H,5,11-12H2,(H,26,27)(H,28,29)/t20-/m0/s1. The number of aromatic nitrogens is 1. The van der Waals surface area contributed by atoms with Crippen LogP contribution in [0.2, 0.25) is 0 Å². The Balaban J connectivity index is 1.40. The summed E-state index contributed by atoms with van der Waals surface area (Å²) in [5.41, 5.74) is 4.46. The number of hydrogen-bond acceptors (Lipinski definition) is 4. The Labute approximate surface area is 176 Å². The van der Waals surface area contributed by atoms with E-state index >= 15 is 0 Å². The number of thiazole rings is 1. The van der Waals surface area contributed by atoms with E-state index in [2.05, 4.69) is 10.3 Å². The zero-order valence-electron chi connectivity index (χ0n) is 16.0. The molecule has 7 heteroatoms. The van der Waals surface area contributed by atoms with E-state index < -0.39 is 17.9 Å². The van der Waals surface area contributed by atoms with E-state index in [9.17, 15) is 19.1 Å². The lowest BCUT2D eigenvalue weighted by molar-refractivity contribution is -0.141. The molecule has 5 nitrogen and oxygen atoms in total. The smallest absolute Gasteiger partial charge is 0.326 e. The first-order valence-corrected chi connectivity index (χ1v) is 10.4. The minimum Gasteiger partial charge on any atom is -0.480 e. The maximum Gasteiger partial charge on any atom is 0.326 e. The number of carbonyl (C=O) groups excluding carboxylic acids is 1. The minimum absolute atomic E-state index is 0.0168. The van der Waals surface area contributed by atoms with Gasteiger partial charge in [-0.3, -0.25) is 4.79 Å². The van der Waals surface area contributed by atoms with Crippen LogP contribution in [0.1, 0.15) is 23.2 Å². The number of benzene rings is 2. The molecule has 0 fully saturated rings. The van der Waals surface area contributed by atoms with Crippen molar-refractivity contribution in [1.82, 2.24) is 10.3 Å². The summed E-state index contributed by atoms with van der Waals surface area (Å²) >= 11 is 1.36. The number of aliphatic carboxylic acids is 1. The summed E-state index contributed by atoms with van der Waals surface area (Å²) < 4.78 is 13.1. The highest BCUT2D eigenvalue weighted by molar-refractivity contribution is 7.13. The molecule has 0 bridgehead atoms. The first-order valence-electron chi connectivity index (χ1n) is 9.49. The molecular weight excluding hydrogens is 403 g/mol. The van der Waals surface area contributed by atoms with Gasteiger partial charge in [0.05, 0.1) is 12.1 Å². The van der Waals surface area contributed by atoms with Crippen LogP contribution in [0, 0.1) is 5.82 Å². The molecule has 1 aliphatic rings. The topological polar surface area (TPSA) is 79.3 Å². The van der Waals surface area contributed by atoms with E-state index in [0.29, 0.717) is 10.7 Å². The van der Waals surface area contributed by atoms with Gasteiger partial charge in [-0.05, 0) is 47.4 Å². The summed E-state index contributed by atoms with van der Waals surface area (Å²) in [5.74, 6) is -1.79. The number of carboxylic acids is 1. The van der Waals surface area contributed by atoms with E-state index in [4.69, 9.17) is 0 Å². The summed E-state index contributed by atoms with van der Waals surface area (Å²) in [7, 11) is 0. The molecular formula is C23H19FN2O3S. The minimum atomic E-state index is -1.07. The van der Waals surface area contributed by atoms with Crippen LogP contribution in [-0.4, -0.2) is 28.0 Å². The maximum absolute atomic E-state index is 13.1. The van der Waals surface area contributed by atoms with Crippen LogP contribution in [0.3, 0.4) is 0 Å². The van der Waals surface area contributed by atoms with Crippen molar-refractivity contribution in [3.8, 4) is 10.6 Å². The molecule has 1 heterocycles. The fourth-order valence-electron chi connectivity index (χ4n) is 3.49. The Morgan fingerprint density at radius 1 is 1.17 bits per heavy atom. The molecule has 0 saturated heterocycles. The van der Waals surface area contributed by atoms with Crippen molar-refractivity contribution in [3.63, 3.8) is 0 Å². The fourth-order valence-corrected chi connectivity index (χ4v) is 4.32. The lowest BCUT2D eigenvalue weighted by Gasteiger charge is -2.16. The van der Waals surface area contributed by atoms with Gasteiger partial charge in [0.15, 0.2) is 0 Å². The van der Waals surface area contributed by atoms with Crippen LogP contribution in [0.25, 0.3) is 16.1 Å². The normalized spacial score (nSPS) is 13.4. The Bertz CT molecular complexity index is 1120. The van der Waals surface area contributed by atoms with Gasteiger partial charge >= 0.3 is 5.97 Å². The number of carboxylic acid groups (broad SMARTS) is 1. The van der Waals surface area contributed by atoms with E-state index in [1.165, 1.54) is 29.0 Å². The van der Waals surface area contributed by atoms with Gasteiger partial charge in [0.2, 0.25) is 5.91 Å². The third kappa shape index (κ3) is 4.46. The average Bonchev–Trinajstić information content (AvgIpc) is 3.35. The summed E-state index contributed by atoms with van der Waals surface area (Å²) in [6.07, 6.45) is 3.01. The number of allylic oxidation sites excluding steroid dienone is 1. The van der Waals surface area contributed by atoms with Crippen LogP contribution < -0.4 is 5.32 Å². The van der Waals surface area contributed by atoms with E-state index in [0.717, 1.165) is 23.1 Å². The van der Waals surface area contributed by atoms with Gasteiger partial charge in [0, 0.05) is 17.4 Å². The monoisotopic (exact) mass is 422 g/mol. The molecule has 3 aromatic rings. The Kier molecular flexibility index (Phi) is 5.72.